The summed E-state index contributed by atoms with van der Waals surface area (Å²) in [5.41, 5.74) is 6.61. The first kappa shape index (κ1) is 23.8. The van der Waals surface area contributed by atoms with E-state index in [0.717, 1.165) is 11.4 Å². The van der Waals surface area contributed by atoms with Crippen molar-refractivity contribution < 1.29 is 19.5 Å². The monoisotopic (exact) mass is 485 g/mol. The predicted molar refractivity (Wildman–Crippen MR) is 128 cm³/mol. The number of likely N-dealkylation sites (N-methyl/N-ethyl adjacent to an activating group) is 1. The lowest BCUT2D eigenvalue weighted by Crippen LogP contribution is -2.44. The number of anilines is 1. The molecule has 2 aliphatic rings. The van der Waals surface area contributed by atoms with Crippen LogP contribution in [-0.4, -0.2) is 77.1 Å². The highest BCUT2D eigenvalue weighted by Gasteiger charge is 2.42. The Hall–Kier alpha value is -3.33. The van der Waals surface area contributed by atoms with Gasteiger partial charge in [0.2, 0.25) is 11.8 Å². The van der Waals surface area contributed by atoms with Gasteiger partial charge in [-0.2, -0.15) is 0 Å². The Labute approximate surface area is 203 Å². The van der Waals surface area contributed by atoms with E-state index >= 15 is 0 Å². The van der Waals surface area contributed by atoms with Gasteiger partial charge in [0.1, 0.15) is 5.82 Å². The third kappa shape index (κ3) is 4.94. The molecule has 10 heteroatoms. The number of halogens is 1. The van der Waals surface area contributed by atoms with Crippen molar-refractivity contribution in [1.82, 2.24) is 14.8 Å². The highest BCUT2D eigenvalue weighted by atomic mass is 35.5. The highest BCUT2D eigenvalue weighted by Crippen LogP contribution is 2.34. The number of carbonyl (C=O) groups excluding carboxylic acids is 2. The number of hydrogen-bond acceptors (Lipinski definition) is 5. The van der Waals surface area contributed by atoms with Gasteiger partial charge in [0, 0.05) is 56.3 Å². The molecule has 0 aliphatic carbocycles. The Morgan fingerprint density at radius 1 is 1.09 bits per heavy atom. The van der Waals surface area contributed by atoms with Crippen LogP contribution in [0.15, 0.2) is 42.6 Å². The van der Waals surface area contributed by atoms with E-state index in [1.54, 1.807) is 31.3 Å². The Morgan fingerprint density at radius 2 is 1.76 bits per heavy atom. The van der Waals surface area contributed by atoms with Crippen LogP contribution in [0.3, 0.4) is 0 Å². The second-order valence-corrected chi connectivity index (χ2v) is 9.33. The molecule has 4 rings (SSSR count). The van der Waals surface area contributed by atoms with Gasteiger partial charge in [-0.1, -0.05) is 23.7 Å². The largest absolute Gasteiger partial charge is 0.465 e. The molecule has 2 aromatic rings. The van der Waals surface area contributed by atoms with Crippen LogP contribution >= 0.6 is 11.6 Å². The SMILES string of the molecule is CN(C(=O)O)[C@@H]1CN(C(=O)C2CCN(c3ccc(C(N)=O)cn3)CC2)C[C@H]1c1ccc(Cl)cc1. The molecule has 2 saturated heterocycles. The van der Waals surface area contributed by atoms with Crippen molar-refractivity contribution in [3.63, 3.8) is 0 Å². The number of aromatic nitrogens is 1. The fourth-order valence-corrected chi connectivity index (χ4v) is 5.00. The Bertz CT molecular complexity index is 1050. The maximum atomic E-state index is 13.4. The van der Waals surface area contributed by atoms with Crippen LogP contribution in [-0.2, 0) is 4.79 Å². The number of piperidine rings is 1. The highest BCUT2D eigenvalue weighted by molar-refractivity contribution is 6.30. The number of amides is 3. The minimum Gasteiger partial charge on any atom is -0.465 e. The van der Waals surface area contributed by atoms with Crippen molar-refractivity contribution in [2.45, 2.75) is 24.8 Å². The van der Waals surface area contributed by atoms with Gasteiger partial charge in [-0.25, -0.2) is 9.78 Å². The van der Waals surface area contributed by atoms with Crippen LogP contribution in [0.25, 0.3) is 0 Å². The zero-order valence-corrected chi connectivity index (χ0v) is 19.7. The maximum absolute atomic E-state index is 13.4. The first-order valence-corrected chi connectivity index (χ1v) is 11.6. The maximum Gasteiger partial charge on any atom is 0.407 e. The lowest BCUT2D eigenvalue weighted by Gasteiger charge is -2.34. The fraction of sp³-hybridized carbons (Fsp3) is 0.417. The van der Waals surface area contributed by atoms with E-state index in [4.69, 9.17) is 17.3 Å². The quantitative estimate of drug-likeness (QED) is 0.671. The van der Waals surface area contributed by atoms with E-state index < -0.39 is 12.0 Å². The summed E-state index contributed by atoms with van der Waals surface area (Å²) in [6.45, 7) is 2.18. The van der Waals surface area contributed by atoms with Crippen LogP contribution in [0.4, 0.5) is 10.6 Å². The number of nitrogens with zero attached hydrogens (tertiary/aromatic N) is 4. The van der Waals surface area contributed by atoms with E-state index in [1.165, 1.54) is 11.1 Å². The average molecular weight is 486 g/mol. The fourth-order valence-electron chi connectivity index (χ4n) is 4.87. The third-order valence-corrected chi connectivity index (χ3v) is 7.15. The average Bonchev–Trinajstić information content (AvgIpc) is 3.29. The van der Waals surface area contributed by atoms with Crippen molar-refractivity contribution in [1.29, 1.82) is 0 Å². The van der Waals surface area contributed by atoms with Crippen molar-refractivity contribution in [3.05, 3.63) is 58.7 Å². The van der Waals surface area contributed by atoms with Crippen LogP contribution < -0.4 is 10.6 Å². The minimum absolute atomic E-state index is 0.0666. The van der Waals surface area contributed by atoms with E-state index in [2.05, 4.69) is 9.88 Å². The molecule has 1 aromatic heterocycles. The topological polar surface area (TPSA) is 120 Å². The third-order valence-electron chi connectivity index (χ3n) is 6.90. The van der Waals surface area contributed by atoms with E-state index in [0.29, 0.717) is 49.6 Å². The molecule has 9 nitrogen and oxygen atoms in total. The second-order valence-electron chi connectivity index (χ2n) is 8.89. The number of primary amides is 1. The zero-order valence-electron chi connectivity index (χ0n) is 18.9. The number of likely N-dealkylation sites (tertiary alicyclic amines) is 1. The van der Waals surface area contributed by atoms with Gasteiger partial charge in [0.15, 0.2) is 0 Å². The molecule has 0 radical (unpaired) electrons. The number of carbonyl (C=O) groups is 3. The van der Waals surface area contributed by atoms with Crippen LogP contribution in [0.1, 0.15) is 34.7 Å². The van der Waals surface area contributed by atoms with Gasteiger partial charge in [0.05, 0.1) is 11.6 Å². The van der Waals surface area contributed by atoms with Crippen molar-refractivity contribution >= 4 is 35.3 Å². The van der Waals surface area contributed by atoms with E-state index in [1.807, 2.05) is 17.0 Å². The normalized spacial score (nSPS) is 20.9. The molecule has 2 fully saturated rings. The van der Waals surface area contributed by atoms with E-state index in [9.17, 15) is 19.5 Å². The molecule has 3 amide bonds. The number of benzene rings is 1. The predicted octanol–water partition coefficient (Wildman–Crippen LogP) is 2.65. The van der Waals surface area contributed by atoms with Gasteiger partial charge in [-0.05, 0) is 42.7 Å². The van der Waals surface area contributed by atoms with Crippen LogP contribution in [0.5, 0.6) is 0 Å². The summed E-state index contributed by atoms with van der Waals surface area (Å²) < 4.78 is 0. The summed E-state index contributed by atoms with van der Waals surface area (Å²) in [7, 11) is 1.55. The Morgan fingerprint density at radius 3 is 2.32 bits per heavy atom. The number of rotatable bonds is 5. The minimum atomic E-state index is -1.01. The van der Waals surface area contributed by atoms with Crippen LogP contribution in [0.2, 0.25) is 5.02 Å². The van der Waals surface area contributed by atoms with Gasteiger partial charge < -0.3 is 25.5 Å². The van der Waals surface area contributed by atoms with Crippen LogP contribution in [0, 0.1) is 5.92 Å². The molecular formula is C24H28ClN5O4. The summed E-state index contributed by atoms with van der Waals surface area (Å²) in [5.74, 6) is 0.0638. The van der Waals surface area contributed by atoms with Crippen molar-refractivity contribution in [2.24, 2.45) is 11.7 Å². The van der Waals surface area contributed by atoms with Gasteiger partial charge >= 0.3 is 6.09 Å². The molecule has 3 heterocycles. The van der Waals surface area contributed by atoms with Crippen molar-refractivity contribution in [2.75, 3.05) is 38.1 Å². The molecule has 3 N–H and O–H groups in total. The molecule has 2 aliphatic heterocycles. The standard InChI is InChI=1S/C24H28ClN5O4/c1-28(24(33)34)20-14-30(13-19(20)15-2-5-18(25)6-3-15)23(32)16-8-10-29(11-9-16)21-7-4-17(12-27-21)22(26)31/h2-7,12,16,19-20H,8-11,13-14H2,1H3,(H2,26,31)(H,33,34)/t19-,20+/m0/s1. The Kier molecular flexibility index (Phi) is 6.92. The van der Waals surface area contributed by atoms with Gasteiger partial charge in [-0.3, -0.25) is 9.59 Å². The lowest BCUT2D eigenvalue weighted by molar-refractivity contribution is -0.135. The molecule has 34 heavy (non-hydrogen) atoms. The number of nitrogens with two attached hydrogens (primary N) is 1. The Balaban J connectivity index is 1.42. The zero-order chi connectivity index (χ0) is 24.4. The van der Waals surface area contributed by atoms with Crippen molar-refractivity contribution in [3.8, 4) is 0 Å². The lowest BCUT2D eigenvalue weighted by atomic mass is 9.93. The molecule has 0 saturated carbocycles. The molecule has 0 unspecified atom stereocenters. The summed E-state index contributed by atoms with van der Waals surface area (Å²) >= 11 is 6.03. The molecule has 2 atom stereocenters. The van der Waals surface area contributed by atoms with Gasteiger partial charge in [-0.15, -0.1) is 0 Å². The number of pyridine rings is 1. The summed E-state index contributed by atoms with van der Waals surface area (Å²) in [6, 6.07) is 10.5. The van der Waals surface area contributed by atoms with Gasteiger partial charge in [0.25, 0.3) is 0 Å². The number of carboxylic acid groups (broad SMARTS) is 1. The first-order valence-electron chi connectivity index (χ1n) is 11.3. The van der Waals surface area contributed by atoms with E-state index in [-0.39, 0.29) is 23.8 Å². The number of hydrogen-bond donors (Lipinski definition) is 2. The molecule has 0 spiro atoms. The summed E-state index contributed by atoms with van der Waals surface area (Å²) in [6.07, 6.45) is 1.82. The molecule has 180 valence electrons. The molecule has 0 bridgehead atoms. The second kappa shape index (κ2) is 9.89. The molecular weight excluding hydrogens is 458 g/mol. The smallest absolute Gasteiger partial charge is 0.407 e. The summed E-state index contributed by atoms with van der Waals surface area (Å²) in [4.78, 5) is 45.9. The first-order chi connectivity index (χ1) is 16.2. The molecule has 1 aromatic carbocycles. The summed E-state index contributed by atoms with van der Waals surface area (Å²) in [5, 5.41) is 10.2.